The summed E-state index contributed by atoms with van der Waals surface area (Å²) >= 11 is 3.45. The standard InChI is InChI=1S/C24H25BrN4O/c1-5-8-23-27-21-12-11-17(25)13-19(21)24(30)29(23)26-14-20-16(4)28(15(2)3)22-10-7-6-9-18(20)22/h6-7,9-15H,5,8H2,1-4H3. The lowest BCUT2D eigenvalue weighted by Gasteiger charge is -2.12. The number of para-hydroxylation sites is 1. The Kier molecular flexibility index (Phi) is 5.60. The molecule has 2 aromatic carbocycles. The van der Waals surface area contributed by atoms with Crippen molar-refractivity contribution in [1.29, 1.82) is 0 Å². The molecule has 0 amide bonds. The molecule has 0 saturated carbocycles. The normalized spacial score (nSPS) is 12.1. The summed E-state index contributed by atoms with van der Waals surface area (Å²) in [6, 6.07) is 14.2. The SMILES string of the molecule is CCCc1nc2ccc(Br)cc2c(=O)n1N=Cc1c(C)n(C(C)C)c2ccccc12. The number of hydrogen-bond acceptors (Lipinski definition) is 3. The zero-order valence-corrected chi connectivity index (χ0v) is 19.3. The van der Waals surface area contributed by atoms with Crippen LogP contribution in [0.15, 0.2) is 56.8 Å². The van der Waals surface area contributed by atoms with Crippen molar-refractivity contribution in [3.8, 4) is 0 Å². The van der Waals surface area contributed by atoms with Crippen LogP contribution < -0.4 is 5.56 Å². The van der Waals surface area contributed by atoms with Crippen LogP contribution in [-0.4, -0.2) is 20.4 Å². The van der Waals surface area contributed by atoms with Crippen LogP contribution in [-0.2, 0) is 6.42 Å². The van der Waals surface area contributed by atoms with Crippen molar-refractivity contribution in [3.63, 3.8) is 0 Å². The lowest BCUT2D eigenvalue weighted by atomic mass is 10.1. The molecule has 0 saturated heterocycles. The maximum Gasteiger partial charge on any atom is 0.282 e. The molecular weight excluding hydrogens is 440 g/mol. The molecule has 0 spiro atoms. The van der Waals surface area contributed by atoms with Crippen molar-refractivity contribution in [2.45, 2.75) is 46.6 Å². The van der Waals surface area contributed by atoms with E-state index in [-0.39, 0.29) is 5.56 Å². The smallest absolute Gasteiger partial charge is 0.282 e. The van der Waals surface area contributed by atoms with E-state index in [2.05, 4.69) is 71.5 Å². The highest BCUT2D eigenvalue weighted by Gasteiger charge is 2.15. The molecule has 154 valence electrons. The van der Waals surface area contributed by atoms with Gasteiger partial charge in [0.25, 0.3) is 5.56 Å². The highest BCUT2D eigenvalue weighted by molar-refractivity contribution is 9.10. The Labute approximate surface area is 184 Å². The van der Waals surface area contributed by atoms with Gasteiger partial charge in [-0.15, -0.1) is 0 Å². The van der Waals surface area contributed by atoms with Gasteiger partial charge < -0.3 is 4.57 Å². The molecule has 0 N–H and O–H groups in total. The van der Waals surface area contributed by atoms with Gasteiger partial charge in [-0.25, -0.2) is 4.98 Å². The molecule has 0 bridgehead atoms. The van der Waals surface area contributed by atoms with E-state index in [0.29, 0.717) is 29.2 Å². The Bertz CT molecular complexity index is 1330. The van der Waals surface area contributed by atoms with Gasteiger partial charge in [0, 0.05) is 39.1 Å². The van der Waals surface area contributed by atoms with Crippen molar-refractivity contribution in [3.05, 3.63) is 74.4 Å². The van der Waals surface area contributed by atoms with Gasteiger partial charge in [0.05, 0.1) is 17.1 Å². The molecular formula is C24H25BrN4O. The molecule has 5 nitrogen and oxygen atoms in total. The molecule has 6 heteroatoms. The van der Waals surface area contributed by atoms with Crippen LogP contribution in [0.1, 0.15) is 50.3 Å². The van der Waals surface area contributed by atoms with Crippen LogP contribution in [0.3, 0.4) is 0 Å². The third-order valence-electron chi connectivity index (χ3n) is 5.37. The summed E-state index contributed by atoms with van der Waals surface area (Å²) in [5.41, 5.74) is 3.89. The highest BCUT2D eigenvalue weighted by Crippen LogP contribution is 2.28. The minimum Gasteiger partial charge on any atom is -0.342 e. The van der Waals surface area contributed by atoms with E-state index in [9.17, 15) is 4.79 Å². The van der Waals surface area contributed by atoms with Gasteiger partial charge in [0.1, 0.15) is 5.82 Å². The largest absolute Gasteiger partial charge is 0.342 e. The maximum atomic E-state index is 13.2. The summed E-state index contributed by atoms with van der Waals surface area (Å²) in [5, 5.41) is 6.34. The number of hydrogen-bond donors (Lipinski definition) is 0. The summed E-state index contributed by atoms with van der Waals surface area (Å²) < 4.78 is 4.62. The van der Waals surface area contributed by atoms with E-state index in [1.54, 1.807) is 0 Å². The fraction of sp³-hybridized carbons (Fsp3) is 0.292. The fourth-order valence-electron chi connectivity index (χ4n) is 4.06. The number of rotatable bonds is 5. The lowest BCUT2D eigenvalue weighted by Crippen LogP contribution is -2.22. The molecule has 4 aromatic rings. The number of aryl methyl sites for hydroxylation is 1. The van der Waals surface area contributed by atoms with E-state index in [1.165, 1.54) is 10.2 Å². The maximum absolute atomic E-state index is 13.2. The molecule has 2 aromatic heterocycles. The molecule has 2 heterocycles. The van der Waals surface area contributed by atoms with Crippen molar-refractivity contribution < 1.29 is 0 Å². The second kappa shape index (κ2) is 8.19. The molecule has 30 heavy (non-hydrogen) atoms. The first-order valence-electron chi connectivity index (χ1n) is 10.3. The predicted molar refractivity (Wildman–Crippen MR) is 128 cm³/mol. The van der Waals surface area contributed by atoms with Crippen molar-refractivity contribution in [2.24, 2.45) is 5.10 Å². The number of aromatic nitrogens is 3. The monoisotopic (exact) mass is 464 g/mol. The summed E-state index contributed by atoms with van der Waals surface area (Å²) in [6.07, 6.45) is 3.38. The predicted octanol–water partition coefficient (Wildman–Crippen LogP) is 5.84. The Hall–Kier alpha value is -2.73. The van der Waals surface area contributed by atoms with Crippen LogP contribution >= 0.6 is 15.9 Å². The molecule has 4 rings (SSSR count). The summed E-state index contributed by atoms with van der Waals surface area (Å²) in [6.45, 7) is 8.53. The van der Waals surface area contributed by atoms with Crippen molar-refractivity contribution in [1.82, 2.24) is 14.2 Å². The summed E-state index contributed by atoms with van der Waals surface area (Å²) in [7, 11) is 0. The number of fused-ring (bicyclic) bond motifs is 2. The molecule has 0 unspecified atom stereocenters. The first-order valence-corrected chi connectivity index (χ1v) is 11.1. The highest BCUT2D eigenvalue weighted by atomic mass is 79.9. The zero-order valence-electron chi connectivity index (χ0n) is 17.7. The van der Waals surface area contributed by atoms with E-state index >= 15 is 0 Å². The zero-order chi connectivity index (χ0) is 21.4. The number of benzene rings is 2. The van der Waals surface area contributed by atoms with Crippen LogP contribution in [0.5, 0.6) is 0 Å². The third-order valence-corrected chi connectivity index (χ3v) is 5.87. The molecule has 0 aliphatic carbocycles. The molecule has 0 atom stereocenters. The topological polar surface area (TPSA) is 52.2 Å². The number of halogens is 1. The Morgan fingerprint density at radius 2 is 1.93 bits per heavy atom. The quantitative estimate of drug-likeness (QED) is 0.348. The molecule has 0 radical (unpaired) electrons. The minimum atomic E-state index is -0.147. The second-order valence-corrected chi connectivity index (χ2v) is 8.70. The van der Waals surface area contributed by atoms with Gasteiger partial charge in [0.2, 0.25) is 0 Å². The van der Waals surface area contributed by atoms with Gasteiger partial charge in [-0.2, -0.15) is 9.78 Å². The van der Waals surface area contributed by atoms with E-state index in [1.807, 2.05) is 30.5 Å². The molecule has 0 aliphatic rings. The average Bonchev–Trinajstić information content (AvgIpc) is 3.00. The first kappa shape index (κ1) is 20.5. The first-order chi connectivity index (χ1) is 14.4. The van der Waals surface area contributed by atoms with Gasteiger partial charge in [-0.1, -0.05) is 41.1 Å². The average molecular weight is 465 g/mol. The molecule has 0 fully saturated rings. The third kappa shape index (κ3) is 3.49. The van der Waals surface area contributed by atoms with Gasteiger partial charge in [0.15, 0.2) is 0 Å². The van der Waals surface area contributed by atoms with Gasteiger partial charge in [-0.3, -0.25) is 4.79 Å². The minimum absolute atomic E-state index is 0.147. The Morgan fingerprint density at radius 3 is 2.67 bits per heavy atom. The van der Waals surface area contributed by atoms with E-state index in [0.717, 1.165) is 27.5 Å². The Morgan fingerprint density at radius 1 is 1.17 bits per heavy atom. The van der Waals surface area contributed by atoms with Crippen molar-refractivity contribution >= 4 is 44.0 Å². The van der Waals surface area contributed by atoms with Crippen LogP contribution in [0, 0.1) is 6.92 Å². The van der Waals surface area contributed by atoms with Crippen LogP contribution in [0.4, 0.5) is 0 Å². The van der Waals surface area contributed by atoms with E-state index < -0.39 is 0 Å². The van der Waals surface area contributed by atoms with Crippen molar-refractivity contribution in [2.75, 3.05) is 0 Å². The fourth-order valence-corrected chi connectivity index (χ4v) is 4.42. The lowest BCUT2D eigenvalue weighted by molar-refractivity contribution is 0.607. The van der Waals surface area contributed by atoms with Crippen LogP contribution in [0.25, 0.3) is 21.8 Å². The molecule has 0 aliphatic heterocycles. The van der Waals surface area contributed by atoms with E-state index in [4.69, 9.17) is 4.98 Å². The summed E-state index contributed by atoms with van der Waals surface area (Å²) in [4.78, 5) is 18.0. The second-order valence-electron chi connectivity index (χ2n) is 7.78. The Balaban J connectivity index is 1.93. The van der Waals surface area contributed by atoms with Crippen LogP contribution in [0.2, 0.25) is 0 Å². The summed E-state index contributed by atoms with van der Waals surface area (Å²) in [5.74, 6) is 0.679. The van der Waals surface area contributed by atoms with Gasteiger partial charge >= 0.3 is 0 Å². The van der Waals surface area contributed by atoms with Gasteiger partial charge in [-0.05, 0) is 51.5 Å². The number of nitrogens with zero attached hydrogens (tertiary/aromatic N) is 4.